The summed E-state index contributed by atoms with van der Waals surface area (Å²) >= 11 is 0. The lowest BCUT2D eigenvalue weighted by Crippen LogP contribution is -2.27. The maximum atomic E-state index is 12.0. The first-order valence-corrected chi connectivity index (χ1v) is 6.42. The summed E-state index contributed by atoms with van der Waals surface area (Å²) in [4.78, 5) is 12.0. The second-order valence-electron chi connectivity index (χ2n) is 4.76. The van der Waals surface area contributed by atoms with E-state index >= 15 is 0 Å². The van der Waals surface area contributed by atoms with E-state index in [1.54, 1.807) is 0 Å². The standard InChI is InChI=1S/C16H17NO3/c1-11(12-5-3-2-4-6-12)10-17-16(20)13-7-14(18)9-15(19)8-13/h2-9,11,18-19H,10H2,1H3,(H,17,20). The number of hydrogen-bond acceptors (Lipinski definition) is 3. The van der Waals surface area contributed by atoms with Crippen molar-refractivity contribution in [1.82, 2.24) is 5.32 Å². The Labute approximate surface area is 117 Å². The topological polar surface area (TPSA) is 69.6 Å². The van der Waals surface area contributed by atoms with Crippen LogP contribution in [0, 0.1) is 0 Å². The first kappa shape index (κ1) is 13.9. The lowest BCUT2D eigenvalue weighted by Gasteiger charge is -2.13. The fraction of sp³-hybridized carbons (Fsp3) is 0.188. The maximum Gasteiger partial charge on any atom is 0.251 e. The zero-order valence-electron chi connectivity index (χ0n) is 11.2. The minimum atomic E-state index is -0.320. The van der Waals surface area contributed by atoms with Gasteiger partial charge >= 0.3 is 0 Å². The van der Waals surface area contributed by atoms with E-state index in [4.69, 9.17) is 0 Å². The molecule has 1 atom stereocenters. The third-order valence-corrected chi connectivity index (χ3v) is 3.10. The first-order chi connectivity index (χ1) is 9.56. The maximum absolute atomic E-state index is 12.0. The van der Waals surface area contributed by atoms with Crippen molar-refractivity contribution in [2.45, 2.75) is 12.8 Å². The molecule has 104 valence electrons. The highest BCUT2D eigenvalue weighted by Crippen LogP contribution is 2.20. The van der Waals surface area contributed by atoms with Gasteiger partial charge in [-0.25, -0.2) is 0 Å². The summed E-state index contributed by atoms with van der Waals surface area (Å²) in [5.74, 6) is -0.400. The number of phenols is 2. The van der Waals surface area contributed by atoms with E-state index in [2.05, 4.69) is 5.32 Å². The third-order valence-electron chi connectivity index (χ3n) is 3.10. The van der Waals surface area contributed by atoms with Crippen LogP contribution in [0.2, 0.25) is 0 Å². The molecule has 2 aromatic carbocycles. The molecule has 0 radical (unpaired) electrons. The van der Waals surface area contributed by atoms with Gasteiger partial charge in [0.2, 0.25) is 0 Å². The molecule has 0 saturated heterocycles. The fourth-order valence-electron chi connectivity index (χ4n) is 1.97. The van der Waals surface area contributed by atoms with Gasteiger partial charge in [0.1, 0.15) is 11.5 Å². The molecular weight excluding hydrogens is 254 g/mol. The van der Waals surface area contributed by atoms with Gasteiger partial charge in [0.25, 0.3) is 5.91 Å². The summed E-state index contributed by atoms with van der Waals surface area (Å²) in [6.07, 6.45) is 0. The van der Waals surface area contributed by atoms with Crippen molar-refractivity contribution >= 4 is 5.91 Å². The Kier molecular flexibility index (Phi) is 4.25. The lowest BCUT2D eigenvalue weighted by atomic mass is 10.0. The molecule has 2 aromatic rings. The van der Waals surface area contributed by atoms with Crippen molar-refractivity contribution in [2.75, 3.05) is 6.54 Å². The molecule has 4 nitrogen and oxygen atoms in total. The zero-order valence-corrected chi connectivity index (χ0v) is 11.2. The number of aromatic hydroxyl groups is 2. The Balaban J connectivity index is 1.98. The summed E-state index contributed by atoms with van der Waals surface area (Å²) in [7, 11) is 0. The van der Waals surface area contributed by atoms with Crippen molar-refractivity contribution in [3.05, 3.63) is 59.7 Å². The lowest BCUT2D eigenvalue weighted by molar-refractivity contribution is 0.0951. The summed E-state index contributed by atoms with van der Waals surface area (Å²) < 4.78 is 0. The van der Waals surface area contributed by atoms with Crippen molar-refractivity contribution in [3.63, 3.8) is 0 Å². The molecule has 0 aromatic heterocycles. The van der Waals surface area contributed by atoms with Gasteiger partial charge in [0.05, 0.1) is 0 Å². The van der Waals surface area contributed by atoms with Crippen molar-refractivity contribution in [3.8, 4) is 11.5 Å². The largest absolute Gasteiger partial charge is 0.508 e. The molecule has 0 aliphatic carbocycles. The monoisotopic (exact) mass is 271 g/mol. The van der Waals surface area contributed by atoms with Gasteiger partial charge in [0, 0.05) is 18.2 Å². The Morgan fingerprint density at radius 2 is 1.70 bits per heavy atom. The Bertz CT molecular complexity index is 576. The van der Waals surface area contributed by atoms with Crippen LogP contribution in [0.1, 0.15) is 28.8 Å². The smallest absolute Gasteiger partial charge is 0.251 e. The van der Waals surface area contributed by atoms with Crippen LogP contribution in [-0.2, 0) is 0 Å². The van der Waals surface area contributed by atoms with Gasteiger partial charge < -0.3 is 15.5 Å². The van der Waals surface area contributed by atoms with E-state index in [9.17, 15) is 15.0 Å². The number of phenolic OH excluding ortho intramolecular Hbond substituents is 2. The van der Waals surface area contributed by atoms with Crippen LogP contribution < -0.4 is 5.32 Å². The van der Waals surface area contributed by atoms with Crippen LogP contribution in [0.5, 0.6) is 11.5 Å². The number of carbonyl (C=O) groups is 1. The van der Waals surface area contributed by atoms with Crippen molar-refractivity contribution in [2.24, 2.45) is 0 Å². The molecule has 0 bridgehead atoms. The molecule has 0 fully saturated rings. The molecule has 0 heterocycles. The van der Waals surface area contributed by atoms with E-state index in [1.165, 1.54) is 18.2 Å². The van der Waals surface area contributed by atoms with Crippen LogP contribution in [-0.4, -0.2) is 22.7 Å². The molecule has 0 aliphatic rings. The number of hydrogen-bond donors (Lipinski definition) is 3. The molecule has 2 rings (SSSR count). The SMILES string of the molecule is CC(CNC(=O)c1cc(O)cc(O)c1)c1ccccc1. The van der Waals surface area contributed by atoms with Crippen molar-refractivity contribution < 1.29 is 15.0 Å². The predicted molar refractivity (Wildman–Crippen MR) is 77.0 cm³/mol. The predicted octanol–water partition coefficient (Wildman–Crippen LogP) is 2.63. The molecule has 0 aliphatic heterocycles. The number of benzene rings is 2. The molecule has 0 saturated carbocycles. The number of carbonyl (C=O) groups excluding carboxylic acids is 1. The van der Waals surface area contributed by atoms with E-state index in [0.29, 0.717) is 6.54 Å². The van der Waals surface area contributed by atoms with Gasteiger partial charge in [0.15, 0.2) is 0 Å². The van der Waals surface area contributed by atoms with Gasteiger partial charge in [-0.1, -0.05) is 37.3 Å². The quantitative estimate of drug-likeness (QED) is 0.800. The molecule has 3 N–H and O–H groups in total. The second-order valence-corrected chi connectivity index (χ2v) is 4.76. The molecule has 4 heteroatoms. The van der Waals surface area contributed by atoms with E-state index < -0.39 is 0 Å². The van der Waals surface area contributed by atoms with Crippen LogP contribution in [0.15, 0.2) is 48.5 Å². The van der Waals surface area contributed by atoms with Crippen LogP contribution in [0.3, 0.4) is 0 Å². The van der Waals surface area contributed by atoms with E-state index in [-0.39, 0.29) is 28.9 Å². The average Bonchev–Trinajstić information content (AvgIpc) is 2.44. The number of amides is 1. The first-order valence-electron chi connectivity index (χ1n) is 6.42. The normalized spacial score (nSPS) is 11.8. The molecule has 1 unspecified atom stereocenters. The summed E-state index contributed by atoms with van der Waals surface area (Å²) in [6, 6.07) is 13.7. The minimum absolute atomic E-state index is 0.133. The Morgan fingerprint density at radius 3 is 2.30 bits per heavy atom. The minimum Gasteiger partial charge on any atom is -0.508 e. The van der Waals surface area contributed by atoms with Crippen LogP contribution >= 0.6 is 0 Å². The van der Waals surface area contributed by atoms with Gasteiger partial charge in [-0.3, -0.25) is 4.79 Å². The molecular formula is C16H17NO3. The summed E-state index contributed by atoms with van der Waals surface area (Å²) in [6.45, 7) is 2.51. The number of nitrogens with one attached hydrogen (secondary N) is 1. The van der Waals surface area contributed by atoms with Gasteiger partial charge in [-0.15, -0.1) is 0 Å². The number of rotatable bonds is 4. The van der Waals surface area contributed by atoms with E-state index in [0.717, 1.165) is 5.56 Å². The highest BCUT2D eigenvalue weighted by Gasteiger charge is 2.11. The van der Waals surface area contributed by atoms with Crippen LogP contribution in [0.4, 0.5) is 0 Å². The zero-order chi connectivity index (χ0) is 14.5. The molecule has 20 heavy (non-hydrogen) atoms. The second kappa shape index (κ2) is 6.10. The average molecular weight is 271 g/mol. The highest BCUT2D eigenvalue weighted by atomic mass is 16.3. The molecule has 0 spiro atoms. The van der Waals surface area contributed by atoms with Crippen molar-refractivity contribution in [1.29, 1.82) is 0 Å². The highest BCUT2D eigenvalue weighted by molar-refractivity contribution is 5.95. The summed E-state index contributed by atoms with van der Waals surface area (Å²) in [5.41, 5.74) is 1.38. The van der Waals surface area contributed by atoms with Gasteiger partial charge in [-0.05, 0) is 23.6 Å². The van der Waals surface area contributed by atoms with E-state index in [1.807, 2.05) is 37.3 Å². The van der Waals surface area contributed by atoms with Gasteiger partial charge in [-0.2, -0.15) is 0 Å². The van der Waals surface area contributed by atoms with Crippen LogP contribution in [0.25, 0.3) is 0 Å². The Morgan fingerprint density at radius 1 is 1.10 bits per heavy atom. The Hall–Kier alpha value is -2.49. The summed E-state index contributed by atoms with van der Waals surface area (Å²) in [5, 5.41) is 21.5. The molecule has 1 amide bonds. The fourth-order valence-corrected chi connectivity index (χ4v) is 1.97. The third kappa shape index (κ3) is 3.51.